The number of aromatic amines is 1. The van der Waals surface area contributed by atoms with Crippen molar-refractivity contribution in [3.63, 3.8) is 0 Å². The summed E-state index contributed by atoms with van der Waals surface area (Å²) in [7, 11) is 0. The second-order valence-corrected chi connectivity index (χ2v) is 6.45. The van der Waals surface area contributed by atoms with Crippen LogP contribution < -0.4 is 16.7 Å². The Morgan fingerprint density at radius 3 is 2.56 bits per heavy atom. The zero-order valence-electron chi connectivity index (χ0n) is 14.7. The Bertz CT molecular complexity index is 940. The Labute approximate surface area is 154 Å². The molecule has 27 heavy (non-hydrogen) atoms. The Kier molecular flexibility index (Phi) is 5.80. The molecule has 0 bridgehead atoms. The number of aromatic hydroxyl groups is 1. The maximum Gasteiger partial charge on any atom is 0.331 e. The summed E-state index contributed by atoms with van der Waals surface area (Å²) in [6, 6.07) is 2.86. The van der Waals surface area contributed by atoms with E-state index in [0.717, 1.165) is 44.7 Å². The van der Waals surface area contributed by atoms with Gasteiger partial charge >= 0.3 is 5.69 Å². The van der Waals surface area contributed by atoms with E-state index in [4.69, 9.17) is 0 Å². The van der Waals surface area contributed by atoms with Gasteiger partial charge < -0.3 is 5.11 Å². The van der Waals surface area contributed by atoms with Crippen LogP contribution in [0.1, 0.15) is 60.5 Å². The highest BCUT2D eigenvalue weighted by Gasteiger charge is 2.21. The minimum atomic E-state index is -0.760. The van der Waals surface area contributed by atoms with Crippen LogP contribution in [0.5, 0.6) is 5.88 Å². The topological polar surface area (TPSA) is 129 Å². The summed E-state index contributed by atoms with van der Waals surface area (Å²) >= 11 is 0. The quantitative estimate of drug-likeness (QED) is 0.424. The van der Waals surface area contributed by atoms with Gasteiger partial charge in [-0.3, -0.25) is 24.1 Å². The number of hydrazone groups is 1. The number of carbonyl (C=O) groups is 1. The molecule has 1 aliphatic rings. The van der Waals surface area contributed by atoms with Gasteiger partial charge in [0, 0.05) is 24.0 Å². The van der Waals surface area contributed by atoms with E-state index in [2.05, 4.69) is 20.5 Å². The lowest BCUT2D eigenvalue weighted by atomic mass is 10.1. The highest BCUT2D eigenvalue weighted by Crippen LogP contribution is 2.28. The Morgan fingerprint density at radius 2 is 1.89 bits per heavy atom. The number of nitrogens with one attached hydrogen (secondary N) is 2. The van der Waals surface area contributed by atoms with Crippen molar-refractivity contribution in [2.24, 2.45) is 5.10 Å². The summed E-state index contributed by atoms with van der Waals surface area (Å²) in [4.78, 5) is 42.3. The van der Waals surface area contributed by atoms with Crippen LogP contribution in [0.4, 0.5) is 0 Å². The molecule has 1 amide bonds. The number of hydrogen-bond donors (Lipinski definition) is 3. The fourth-order valence-electron chi connectivity index (χ4n) is 3.25. The molecule has 1 aliphatic carbocycles. The SMILES string of the molecule is O=C(N/N=C/c1c(O)n(C2CCCCCC2)c(=O)[nH]c1=O)c1ccncc1. The first kappa shape index (κ1) is 18.6. The monoisotopic (exact) mass is 371 g/mol. The average molecular weight is 371 g/mol. The molecule has 0 saturated heterocycles. The molecule has 0 aliphatic heterocycles. The van der Waals surface area contributed by atoms with E-state index < -0.39 is 23.0 Å². The van der Waals surface area contributed by atoms with Crippen LogP contribution >= 0.6 is 0 Å². The second-order valence-electron chi connectivity index (χ2n) is 6.45. The van der Waals surface area contributed by atoms with Crippen molar-refractivity contribution in [1.29, 1.82) is 0 Å². The summed E-state index contributed by atoms with van der Waals surface area (Å²) in [6.45, 7) is 0. The molecule has 0 spiro atoms. The summed E-state index contributed by atoms with van der Waals surface area (Å²) in [6.07, 6.45) is 9.59. The lowest BCUT2D eigenvalue weighted by Crippen LogP contribution is -2.34. The molecular weight excluding hydrogens is 350 g/mol. The molecule has 0 radical (unpaired) electrons. The molecule has 9 nitrogen and oxygen atoms in total. The third-order valence-corrected chi connectivity index (χ3v) is 4.65. The normalized spacial score (nSPS) is 15.6. The van der Waals surface area contributed by atoms with Crippen molar-refractivity contribution in [1.82, 2.24) is 20.0 Å². The number of nitrogens with zero attached hydrogens (tertiary/aromatic N) is 3. The van der Waals surface area contributed by atoms with Gasteiger partial charge in [-0.15, -0.1) is 0 Å². The maximum atomic E-state index is 12.2. The summed E-state index contributed by atoms with van der Waals surface area (Å²) in [5.74, 6) is -0.917. The second kappa shape index (κ2) is 8.43. The van der Waals surface area contributed by atoms with Crippen LogP contribution in [0.2, 0.25) is 0 Å². The van der Waals surface area contributed by atoms with Gasteiger partial charge in [-0.1, -0.05) is 25.7 Å². The number of carbonyl (C=O) groups excluding carboxylic acids is 1. The van der Waals surface area contributed by atoms with Crippen molar-refractivity contribution in [2.45, 2.75) is 44.6 Å². The molecule has 2 heterocycles. The minimum absolute atomic E-state index is 0.171. The molecule has 3 N–H and O–H groups in total. The molecule has 2 aromatic heterocycles. The minimum Gasteiger partial charge on any atom is -0.494 e. The van der Waals surface area contributed by atoms with E-state index in [1.807, 2.05) is 0 Å². The van der Waals surface area contributed by atoms with E-state index in [0.29, 0.717) is 5.56 Å². The third kappa shape index (κ3) is 4.30. The highest BCUT2D eigenvalue weighted by molar-refractivity contribution is 5.94. The first-order valence-electron chi connectivity index (χ1n) is 8.89. The van der Waals surface area contributed by atoms with Crippen LogP contribution in [0.25, 0.3) is 0 Å². The first-order chi connectivity index (χ1) is 13.1. The number of pyridine rings is 1. The zero-order chi connectivity index (χ0) is 19.2. The molecule has 1 saturated carbocycles. The fourth-order valence-corrected chi connectivity index (χ4v) is 3.25. The van der Waals surface area contributed by atoms with Crippen molar-refractivity contribution < 1.29 is 9.90 Å². The van der Waals surface area contributed by atoms with E-state index in [-0.39, 0.29) is 11.6 Å². The molecule has 0 atom stereocenters. The maximum absolute atomic E-state index is 12.2. The van der Waals surface area contributed by atoms with Crippen LogP contribution in [-0.4, -0.2) is 31.8 Å². The van der Waals surface area contributed by atoms with Gasteiger partial charge in [-0.2, -0.15) is 5.10 Å². The van der Waals surface area contributed by atoms with Gasteiger partial charge in [-0.25, -0.2) is 10.2 Å². The smallest absolute Gasteiger partial charge is 0.331 e. The van der Waals surface area contributed by atoms with E-state index in [1.165, 1.54) is 29.1 Å². The summed E-state index contributed by atoms with van der Waals surface area (Å²) in [5, 5.41) is 14.2. The predicted octanol–water partition coefficient (Wildman–Crippen LogP) is 1.30. The van der Waals surface area contributed by atoms with Gasteiger partial charge in [0.05, 0.1) is 6.21 Å². The van der Waals surface area contributed by atoms with Crippen molar-refractivity contribution in [3.8, 4) is 5.88 Å². The molecule has 9 heteroatoms. The Balaban J connectivity index is 1.85. The lowest BCUT2D eigenvalue weighted by molar-refractivity contribution is 0.0955. The number of aromatic nitrogens is 3. The molecule has 142 valence electrons. The van der Waals surface area contributed by atoms with Gasteiger partial charge in [0.15, 0.2) is 0 Å². The third-order valence-electron chi connectivity index (χ3n) is 4.65. The van der Waals surface area contributed by atoms with Crippen LogP contribution in [0.3, 0.4) is 0 Å². The van der Waals surface area contributed by atoms with Crippen molar-refractivity contribution in [3.05, 3.63) is 56.5 Å². The molecular formula is C18H21N5O4. The lowest BCUT2D eigenvalue weighted by Gasteiger charge is -2.19. The molecule has 2 aromatic rings. The summed E-state index contributed by atoms with van der Waals surface area (Å²) < 4.78 is 1.22. The largest absolute Gasteiger partial charge is 0.494 e. The van der Waals surface area contributed by atoms with E-state index in [1.54, 1.807) is 0 Å². The number of H-pyrrole nitrogens is 1. The van der Waals surface area contributed by atoms with Crippen LogP contribution in [0.15, 0.2) is 39.2 Å². The fraction of sp³-hybridized carbons (Fsp3) is 0.389. The van der Waals surface area contributed by atoms with E-state index >= 15 is 0 Å². The average Bonchev–Trinajstić information content (AvgIpc) is 2.94. The molecule has 1 fully saturated rings. The molecule has 0 aromatic carbocycles. The van der Waals surface area contributed by atoms with Crippen LogP contribution in [0, 0.1) is 0 Å². The Morgan fingerprint density at radius 1 is 1.22 bits per heavy atom. The Hall–Kier alpha value is -3.23. The summed E-state index contributed by atoms with van der Waals surface area (Å²) in [5.41, 5.74) is 1.06. The number of hydrogen-bond acceptors (Lipinski definition) is 6. The predicted molar refractivity (Wildman–Crippen MR) is 99.0 cm³/mol. The highest BCUT2D eigenvalue weighted by atomic mass is 16.3. The standard InChI is InChI=1S/C18H21N5O4/c24-15(12-7-9-19-10-8-12)22-20-11-14-16(25)21-18(27)23(17(14)26)13-5-3-1-2-4-6-13/h7-11,13,26H,1-6H2,(H,22,24)(H,21,25,27)/b20-11+. The van der Waals surface area contributed by atoms with Gasteiger partial charge in [-0.05, 0) is 25.0 Å². The van der Waals surface area contributed by atoms with Gasteiger partial charge in [0.25, 0.3) is 11.5 Å². The number of amides is 1. The van der Waals surface area contributed by atoms with Gasteiger partial charge in [0.2, 0.25) is 5.88 Å². The molecule has 3 rings (SSSR count). The molecule has 0 unspecified atom stereocenters. The first-order valence-corrected chi connectivity index (χ1v) is 8.89. The number of rotatable bonds is 4. The van der Waals surface area contributed by atoms with Crippen molar-refractivity contribution in [2.75, 3.05) is 0 Å². The van der Waals surface area contributed by atoms with E-state index in [9.17, 15) is 19.5 Å². The van der Waals surface area contributed by atoms with Gasteiger partial charge in [0.1, 0.15) is 5.56 Å². The van der Waals surface area contributed by atoms with Crippen molar-refractivity contribution >= 4 is 12.1 Å². The van der Waals surface area contributed by atoms with Crippen LogP contribution in [-0.2, 0) is 0 Å². The zero-order valence-corrected chi connectivity index (χ0v) is 14.7.